The lowest BCUT2D eigenvalue weighted by atomic mass is 9.91. The van der Waals surface area contributed by atoms with Crippen LogP contribution in [0.1, 0.15) is 5.56 Å². The van der Waals surface area contributed by atoms with Crippen LogP contribution in [0.4, 0.5) is 62.9 Å². The van der Waals surface area contributed by atoms with Crippen LogP contribution in [0, 0.1) is 0 Å². The Bertz CT molecular complexity index is 664. The number of rotatable bonds is 5. The van der Waals surface area contributed by atoms with Gasteiger partial charge in [-0.05, 0) is 12.1 Å². The maximum Gasteiger partial charge on any atom is 0.460 e. The minimum atomic E-state index is -7.94. The third-order valence-corrected chi connectivity index (χ3v) is 3.11. The lowest BCUT2D eigenvalue weighted by Gasteiger charge is -2.39. The first-order valence-corrected chi connectivity index (χ1v) is 5.93. The summed E-state index contributed by atoms with van der Waals surface area (Å²) in [5.41, 5.74) is 2.44. The Balaban J connectivity index is 3.61. The predicted molar refractivity (Wildman–Crippen MR) is 58.4 cm³/mol. The van der Waals surface area contributed by atoms with Gasteiger partial charge >= 0.3 is 35.8 Å². The van der Waals surface area contributed by atoms with E-state index >= 15 is 0 Å². The second kappa shape index (κ2) is 5.77. The summed E-state index contributed by atoms with van der Waals surface area (Å²) < 4.78 is 168. The summed E-state index contributed by atoms with van der Waals surface area (Å²) in [6.45, 7) is 0. The van der Waals surface area contributed by atoms with Gasteiger partial charge in [0, 0.05) is 6.20 Å². The number of nitrogens with two attached hydrogens (primary N) is 1. The molecule has 2 N–H and O–H groups in total. The summed E-state index contributed by atoms with van der Waals surface area (Å²) in [7, 11) is 0. The van der Waals surface area contributed by atoms with Crippen molar-refractivity contribution in [3.63, 3.8) is 0 Å². The summed E-state index contributed by atoms with van der Waals surface area (Å²) >= 11 is 0. The number of nitrogen functional groups attached to an aromatic ring is 1. The van der Waals surface area contributed by atoms with E-state index in [2.05, 4.69) is 4.98 Å². The molecule has 0 aliphatic heterocycles. The van der Waals surface area contributed by atoms with E-state index in [4.69, 9.17) is 5.73 Å². The zero-order valence-corrected chi connectivity index (χ0v) is 11.7. The Morgan fingerprint density at radius 1 is 0.654 bits per heavy atom. The molecule has 0 fully saturated rings. The molecule has 1 heterocycles. The third-order valence-electron chi connectivity index (χ3n) is 3.11. The summed E-state index contributed by atoms with van der Waals surface area (Å²) in [6, 6.07) is 0.350. The minimum absolute atomic E-state index is 0.0770. The SMILES string of the molecule is Nc1ncccc1C(F)(F)C(F)(F)C(F)(F)C(F)(F)C(F)(F)C(F)(F)F. The Labute approximate surface area is 134 Å². The molecule has 1 rings (SSSR count). The van der Waals surface area contributed by atoms with Crippen molar-refractivity contribution in [2.24, 2.45) is 0 Å². The predicted octanol–water partition coefficient (Wildman–Crippen LogP) is 4.86. The fourth-order valence-electron chi connectivity index (χ4n) is 1.62. The molecule has 0 amide bonds. The van der Waals surface area contributed by atoms with E-state index < -0.39 is 47.2 Å². The van der Waals surface area contributed by atoms with Crippen molar-refractivity contribution in [3.8, 4) is 0 Å². The molecule has 150 valence electrons. The number of nitrogens with zero attached hydrogens (tertiary/aromatic N) is 1. The van der Waals surface area contributed by atoms with Gasteiger partial charge in [0.2, 0.25) is 0 Å². The number of aromatic nitrogens is 1. The number of pyridine rings is 1. The molecule has 0 bridgehead atoms. The fourth-order valence-corrected chi connectivity index (χ4v) is 1.62. The van der Waals surface area contributed by atoms with Gasteiger partial charge in [-0.3, -0.25) is 0 Å². The van der Waals surface area contributed by atoms with Crippen molar-refractivity contribution in [1.29, 1.82) is 0 Å². The molecule has 0 saturated carbocycles. The van der Waals surface area contributed by atoms with Crippen LogP contribution in [-0.4, -0.2) is 34.9 Å². The topological polar surface area (TPSA) is 38.9 Å². The lowest BCUT2D eigenvalue weighted by Crippen LogP contribution is -2.69. The number of anilines is 1. The highest BCUT2D eigenvalue weighted by molar-refractivity contribution is 5.43. The lowest BCUT2D eigenvalue weighted by molar-refractivity contribution is -0.441. The maximum absolute atomic E-state index is 13.7. The molecule has 15 heteroatoms. The van der Waals surface area contributed by atoms with Gasteiger partial charge < -0.3 is 5.73 Å². The summed E-state index contributed by atoms with van der Waals surface area (Å²) in [6.07, 6.45) is -6.85. The van der Waals surface area contributed by atoms with E-state index in [0.717, 1.165) is 0 Å². The quantitative estimate of drug-likeness (QED) is 0.702. The number of alkyl halides is 13. The molecule has 26 heavy (non-hydrogen) atoms. The molecule has 0 unspecified atom stereocenters. The molecule has 0 atom stereocenters. The summed E-state index contributed by atoms with van der Waals surface area (Å²) in [5.74, 6) is -38.9. The maximum atomic E-state index is 13.7. The van der Waals surface area contributed by atoms with Crippen LogP contribution < -0.4 is 5.73 Å². The zero-order chi connectivity index (χ0) is 21.0. The van der Waals surface area contributed by atoms with Gasteiger partial charge in [-0.15, -0.1) is 0 Å². The van der Waals surface area contributed by atoms with Crippen LogP contribution in [0.15, 0.2) is 18.3 Å². The first kappa shape index (κ1) is 22.1. The molecule has 1 aromatic heterocycles. The van der Waals surface area contributed by atoms with Crippen molar-refractivity contribution >= 4 is 5.82 Å². The Kier molecular flexibility index (Phi) is 4.90. The monoisotopic (exact) mass is 412 g/mol. The molecule has 0 spiro atoms. The van der Waals surface area contributed by atoms with Gasteiger partial charge in [0.05, 0.1) is 5.56 Å². The van der Waals surface area contributed by atoms with Gasteiger partial charge in [0.15, 0.2) is 0 Å². The first-order chi connectivity index (χ1) is 11.3. The Morgan fingerprint density at radius 2 is 1.08 bits per heavy atom. The van der Waals surface area contributed by atoms with Gasteiger partial charge in [-0.1, -0.05) is 0 Å². The number of hydrogen-bond acceptors (Lipinski definition) is 2. The van der Waals surface area contributed by atoms with Crippen molar-refractivity contribution in [2.45, 2.75) is 35.8 Å². The highest BCUT2D eigenvalue weighted by atomic mass is 19.4. The summed E-state index contributed by atoms with van der Waals surface area (Å²) in [5, 5.41) is 0. The third kappa shape index (κ3) is 2.71. The molecule has 0 aliphatic rings. The van der Waals surface area contributed by atoms with Gasteiger partial charge in [-0.25, -0.2) is 4.98 Å². The van der Waals surface area contributed by atoms with Gasteiger partial charge in [0.25, 0.3) is 0 Å². The second-order valence-electron chi connectivity index (χ2n) is 4.81. The van der Waals surface area contributed by atoms with Crippen LogP contribution in [0.25, 0.3) is 0 Å². The normalized spacial score (nSPS) is 15.3. The molecule has 0 aliphatic carbocycles. The number of hydrogen-bond donors (Lipinski definition) is 1. The van der Waals surface area contributed by atoms with E-state index in [0.29, 0.717) is 12.3 Å². The van der Waals surface area contributed by atoms with Gasteiger partial charge in [0.1, 0.15) is 5.82 Å². The highest BCUT2D eigenvalue weighted by Gasteiger charge is 2.91. The fraction of sp³-hybridized carbons (Fsp3) is 0.545. The second-order valence-corrected chi connectivity index (χ2v) is 4.81. The molecule has 2 nitrogen and oxygen atoms in total. The van der Waals surface area contributed by atoms with Crippen molar-refractivity contribution in [1.82, 2.24) is 4.98 Å². The van der Waals surface area contributed by atoms with Crippen molar-refractivity contribution < 1.29 is 57.1 Å². The Morgan fingerprint density at radius 3 is 1.46 bits per heavy atom. The standard InChI is InChI=1S/C11H5F13N2/c12-6(13,4-2-1-3-26-5(4)25)7(14,15)8(16,17)9(18,19)10(20,21)11(22,23)24/h1-3H,(H2,25,26). The van der Waals surface area contributed by atoms with Gasteiger partial charge in [-0.2, -0.15) is 57.1 Å². The van der Waals surface area contributed by atoms with E-state index in [-0.39, 0.29) is 6.07 Å². The van der Waals surface area contributed by atoms with E-state index in [1.54, 1.807) is 0 Å². The minimum Gasteiger partial charge on any atom is -0.383 e. The molecule has 1 aromatic rings. The highest BCUT2D eigenvalue weighted by Crippen LogP contribution is 2.62. The van der Waals surface area contributed by atoms with E-state index in [1.807, 2.05) is 0 Å². The van der Waals surface area contributed by atoms with Crippen LogP contribution in [-0.2, 0) is 5.92 Å². The first-order valence-electron chi connectivity index (χ1n) is 5.93. The largest absolute Gasteiger partial charge is 0.460 e. The van der Waals surface area contributed by atoms with Crippen LogP contribution >= 0.6 is 0 Å². The molecule has 0 saturated heterocycles. The summed E-state index contributed by atoms with van der Waals surface area (Å²) in [4.78, 5) is 2.80. The number of halogens is 13. The van der Waals surface area contributed by atoms with E-state index in [1.165, 1.54) is 0 Å². The smallest absolute Gasteiger partial charge is 0.383 e. The van der Waals surface area contributed by atoms with Crippen LogP contribution in [0.5, 0.6) is 0 Å². The van der Waals surface area contributed by atoms with E-state index in [9.17, 15) is 57.1 Å². The van der Waals surface area contributed by atoms with Crippen molar-refractivity contribution in [2.75, 3.05) is 5.73 Å². The van der Waals surface area contributed by atoms with Crippen LogP contribution in [0.3, 0.4) is 0 Å². The molecular formula is C11H5F13N2. The molecular weight excluding hydrogens is 407 g/mol. The molecule has 0 radical (unpaired) electrons. The van der Waals surface area contributed by atoms with Crippen molar-refractivity contribution in [3.05, 3.63) is 23.9 Å². The zero-order valence-electron chi connectivity index (χ0n) is 11.7. The molecule has 0 aromatic carbocycles. The Hall–Kier alpha value is -1.96. The van der Waals surface area contributed by atoms with Crippen LogP contribution in [0.2, 0.25) is 0 Å². The average Bonchev–Trinajstić information content (AvgIpc) is 2.45. The average molecular weight is 412 g/mol.